The fourth-order valence-corrected chi connectivity index (χ4v) is 3.18. The van der Waals surface area contributed by atoms with Gasteiger partial charge in [-0.1, -0.05) is 13.8 Å². The Morgan fingerprint density at radius 2 is 1.71 bits per heavy atom. The van der Waals surface area contributed by atoms with Crippen molar-refractivity contribution in [2.45, 2.75) is 46.0 Å². The third-order valence-electron chi connectivity index (χ3n) is 4.48. The van der Waals surface area contributed by atoms with E-state index in [9.17, 15) is 4.79 Å². The van der Waals surface area contributed by atoms with Crippen LogP contribution in [0.4, 0.5) is 10.5 Å². The zero-order chi connectivity index (χ0) is 17.2. The summed E-state index contributed by atoms with van der Waals surface area (Å²) in [5.74, 6) is 1.02. The lowest BCUT2D eigenvalue weighted by molar-refractivity contribution is -0.0000113. The maximum Gasteiger partial charge on any atom is 0.415 e. The summed E-state index contributed by atoms with van der Waals surface area (Å²) in [6.07, 6.45) is 3.15. The molecule has 0 aliphatic carbocycles. The number of carbonyl (C=O) groups excluding carboxylic acids is 1. The predicted molar refractivity (Wildman–Crippen MR) is 96.3 cm³/mol. The van der Waals surface area contributed by atoms with E-state index in [1.807, 2.05) is 11.0 Å². The molecule has 0 unspecified atom stereocenters. The highest BCUT2D eigenvalue weighted by atomic mass is 127. The molecule has 0 radical (unpaired) electrons. The van der Waals surface area contributed by atoms with Gasteiger partial charge in [-0.05, 0) is 38.2 Å². The van der Waals surface area contributed by atoms with Crippen molar-refractivity contribution < 1.29 is 33.5 Å². The van der Waals surface area contributed by atoms with Gasteiger partial charge in [0.05, 0.1) is 21.1 Å². The lowest BCUT2D eigenvalue weighted by Gasteiger charge is -2.29. The molecule has 1 fully saturated rings. The molecule has 0 saturated carbocycles. The van der Waals surface area contributed by atoms with E-state index in [-0.39, 0.29) is 30.1 Å². The van der Waals surface area contributed by atoms with E-state index in [4.69, 9.17) is 4.74 Å². The Labute approximate surface area is 163 Å². The molecule has 0 N–H and O–H groups in total. The molecule has 1 aromatic carbocycles. The molecule has 0 bridgehead atoms. The first-order valence-corrected chi connectivity index (χ1v) is 8.63. The van der Waals surface area contributed by atoms with Gasteiger partial charge in [0.1, 0.15) is 11.4 Å². The van der Waals surface area contributed by atoms with Crippen molar-refractivity contribution in [3.63, 3.8) is 0 Å². The van der Waals surface area contributed by atoms with E-state index in [1.54, 1.807) is 0 Å². The van der Waals surface area contributed by atoms with Crippen molar-refractivity contribution in [1.29, 1.82) is 0 Å². The Bertz CT molecular complexity index is 573. The number of benzene rings is 1. The van der Waals surface area contributed by atoms with Crippen LogP contribution in [0, 0.1) is 6.92 Å². The van der Waals surface area contributed by atoms with Gasteiger partial charge in [0, 0.05) is 30.3 Å². The van der Waals surface area contributed by atoms with Crippen LogP contribution in [0.3, 0.4) is 0 Å². The quantitative estimate of drug-likeness (QED) is 0.518. The van der Waals surface area contributed by atoms with E-state index < -0.39 is 0 Å². The van der Waals surface area contributed by atoms with Crippen LogP contribution >= 0.6 is 0 Å². The second kappa shape index (κ2) is 8.52. The van der Waals surface area contributed by atoms with Gasteiger partial charge < -0.3 is 33.6 Å². The van der Waals surface area contributed by atoms with Crippen LogP contribution in [-0.2, 0) is 0 Å². The van der Waals surface area contributed by atoms with Crippen molar-refractivity contribution in [2.75, 3.05) is 34.2 Å². The van der Waals surface area contributed by atoms with Crippen LogP contribution in [-0.4, -0.2) is 45.2 Å². The second-order valence-corrected chi connectivity index (χ2v) is 7.76. The molecule has 0 atom stereocenters. The minimum atomic E-state index is -0.205. The van der Waals surface area contributed by atoms with Crippen molar-refractivity contribution in [1.82, 2.24) is 9.38 Å². The van der Waals surface area contributed by atoms with Crippen molar-refractivity contribution in [2.24, 2.45) is 0 Å². The molecular formula is C19H31IN2O2. The molecule has 24 heavy (non-hydrogen) atoms. The average molecular weight is 446 g/mol. The number of halogens is 1. The Morgan fingerprint density at radius 3 is 2.21 bits per heavy atom. The van der Waals surface area contributed by atoms with Crippen LogP contribution in [0.5, 0.6) is 5.75 Å². The fourth-order valence-electron chi connectivity index (χ4n) is 3.18. The molecule has 1 aromatic rings. The van der Waals surface area contributed by atoms with Crippen molar-refractivity contribution in [3.05, 3.63) is 23.3 Å². The van der Waals surface area contributed by atoms with Crippen molar-refractivity contribution >= 4 is 11.8 Å². The Morgan fingerprint density at radius 1 is 1.12 bits per heavy atom. The minimum Gasteiger partial charge on any atom is -1.00 e. The number of aryl methyl sites for hydroxylation is 1. The maximum atomic E-state index is 12.4. The number of nitrogens with zero attached hydrogens (tertiary/aromatic N) is 2. The number of quaternary nitrogens is 1. The predicted octanol–water partition coefficient (Wildman–Crippen LogP) is 1.30. The van der Waals surface area contributed by atoms with Crippen LogP contribution in [0.15, 0.2) is 12.1 Å². The molecule has 2 rings (SSSR count). The average Bonchev–Trinajstić information content (AvgIpc) is 2.46. The van der Waals surface area contributed by atoms with Gasteiger partial charge in [-0.25, -0.2) is 4.79 Å². The highest BCUT2D eigenvalue weighted by molar-refractivity contribution is 5.72. The van der Waals surface area contributed by atoms with Gasteiger partial charge in [0.25, 0.3) is 0 Å². The van der Waals surface area contributed by atoms with E-state index in [0.717, 1.165) is 41.5 Å². The van der Waals surface area contributed by atoms with Gasteiger partial charge in [0.2, 0.25) is 0 Å². The lowest BCUT2D eigenvalue weighted by Crippen LogP contribution is -3.00. The molecule has 1 amide bonds. The van der Waals surface area contributed by atoms with Crippen molar-refractivity contribution in [3.8, 4) is 5.75 Å². The summed E-state index contributed by atoms with van der Waals surface area (Å²) in [7, 11) is 6.48. The SMILES string of the molecule is Cc1cc(OC(=O)N2CCCCC2)c(C(C)C)cc1[N+](C)(C)C.[I-]. The highest BCUT2D eigenvalue weighted by Crippen LogP contribution is 2.35. The first kappa shape index (κ1) is 21.2. The normalized spacial score (nSPS) is 15.2. The van der Waals surface area contributed by atoms with Gasteiger partial charge in [-0.2, -0.15) is 0 Å². The Balaban J connectivity index is 0.00000288. The van der Waals surface area contributed by atoms with Crippen LogP contribution in [0.1, 0.15) is 50.2 Å². The number of piperidine rings is 1. The molecule has 0 spiro atoms. The number of ether oxygens (including phenoxy) is 1. The maximum absolute atomic E-state index is 12.4. The summed E-state index contributed by atoms with van der Waals surface area (Å²) in [5.41, 5.74) is 3.51. The number of likely N-dealkylation sites (tertiary alicyclic amines) is 1. The van der Waals surface area contributed by atoms with E-state index in [0.29, 0.717) is 11.7 Å². The van der Waals surface area contributed by atoms with Gasteiger partial charge in [0.15, 0.2) is 0 Å². The standard InChI is InChI=1S/C19H31N2O2.HI/c1-14(2)16-13-17(21(4,5)6)15(3)12-18(16)23-19(22)20-10-8-7-9-11-20;/h12-14H,7-11H2,1-6H3;1H/q+1;/p-1. The molecule has 1 aliphatic heterocycles. The summed E-state index contributed by atoms with van der Waals surface area (Å²) < 4.78 is 6.53. The third-order valence-corrected chi connectivity index (χ3v) is 4.48. The minimum absolute atomic E-state index is 0. The smallest absolute Gasteiger partial charge is 0.415 e. The summed E-state index contributed by atoms with van der Waals surface area (Å²) in [6, 6.07) is 4.22. The molecule has 136 valence electrons. The van der Waals surface area contributed by atoms with Crippen LogP contribution in [0.25, 0.3) is 0 Å². The molecule has 1 aliphatic rings. The number of rotatable bonds is 3. The molecule has 1 saturated heterocycles. The molecule has 0 aromatic heterocycles. The fraction of sp³-hybridized carbons (Fsp3) is 0.632. The number of amides is 1. The van der Waals surface area contributed by atoms with Crippen LogP contribution in [0.2, 0.25) is 0 Å². The third kappa shape index (κ3) is 5.09. The van der Waals surface area contributed by atoms with E-state index in [2.05, 4.69) is 48.0 Å². The van der Waals surface area contributed by atoms with E-state index in [1.165, 1.54) is 12.1 Å². The first-order valence-electron chi connectivity index (χ1n) is 8.63. The zero-order valence-corrected chi connectivity index (χ0v) is 18.0. The molecule has 4 nitrogen and oxygen atoms in total. The van der Waals surface area contributed by atoms with Gasteiger partial charge >= 0.3 is 6.09 Å². The highest BCUT2D eigenvalue weighted by Gasteiger charge is 2.24. The summed E-state index contributed by atoms with van der Waals surface area (Å²) in [4.78, 5) is 14.3. The zero-order valence-electron chi connectivity index (χ0n) is 15.9. The number of carbonyl (C=O) groups is 1. The lowest BCUT2D eigenvalue weighted by atomic mass is 9.98. The summed E-state index contributed by atoms with van der Waals surface area (Å²) in [6.45, 7) is 7.99. The Kier molecular flexibility index (Phi) is 7.53. The summed E-state index contributed by atoms with van der Waals surface area (Å²) in [5, 5.41) is 0. The number of hydrogen-bond acceptors (Lipinski definition) is 2. The second-order valence-electron chi connectivity index (χ2n) is 7.76. The monoisotopic (exact) mass is 446 g/mol. The van der Waals surface area contributed by atoms with Gasteiger partial charge in [-0.15, -0.1) is 0 Å². The van der Waals surface area contributed by atoms with E-state index >= 15 is 0 Å². The Hall–Kier alpha value is -0.820. The molecular weight excluding hydrogens is 415 g/mol. The molecule has 1 heterocycles. The van der Waals surface area contributed by atoms with Crippen LogP contribution < -0.4 is 33.2 Å². The molecule has 5 heteroatoms. The number of hydrogen-bond donors (Lipinski definition) is 0. The largest absolute Gasteiger partial charge is 1.00 e. The topological polar surface area (TPSA) is 29.5 Å². The van der Waals surface area contributed by atoms with Gasteiger partial charge in [-0.3, -0.25) is 4.48 Å². The first-order chi connectivity index (χ1) is 10.7. The summed E-state index contributed by atoms with van der Waals surface area (Å²) >= 11 is 0.